The maximum atomic E-state index is 11.5. The minimum Gasteiger partial charge on any atom is -0.342 e. The summed E-state index contributed by atoms with van der Waals surface area (Å²) in [6, 6.07) is 0.542. The number of rotatable bonds is 6. The van der Waals surface area contributed by atoms with Crippen LogP contribution in [0, 0.1) is 0 Å². The van der Waals surface area contributed by atoms with Gasteiger partial charge in [0.05, 0.1) is 6.54 Å². The van der Waals surface area contributed by atoms with Gasteiger partial charge in [0.25, 0.3) is 0 Å². The molecule has 0 aromatic heterocycles. The van der Waals surface area contributed by atoms with Crippen molar-refractivity contribution in [1.29, 1.82) is 0 Å². The lowest BCUT2D eigenvalue weighted by Gasteiger charge is -2.16. The van der Waals surface area contributed by atoms with Crippen LogP contribution < -0.4 is 5.32 Å². The number of nitrogens with zero attached hydrogens (tertiary/aromatic N) is 1. The van der Waals surface area contributed by atoms with Crippen molar-refractivity contribution in [2.75, 3.05) is 20.1 Å². The monoisotopic (exact) mass is 184 g/mol. The largest absolute Gasteiger partial charge is 0.342 e. The lowest BCUT2D eigenvalue weighted by atomic mass is 10.3. The highest BCUT2D eigenvalue weighted by molar-refractivity contribution is 5.78. The molecule has 1 amide bonds. The highest BCUT2D eigenvalue weighted by atomic mass is 16.2. The fourth-order valence-corrected chi connectivity index (χ4v) is 1.29. The average molecular weight is 184 g/mol. The van der Waals surface area contributed by atoms with Crippen molar-refractivity contribution in [3.63, 3.8) is 0 Å². The molecule has 1 fully saturated rings. The van der Waals surface area contributed by atoms with Crippen molar-refractivity contribution in [3.8, 4) is 0 Å². The first kappa shape index (κ1) is 10.5. The molecule has 0 saturated heterocycles. The van der Waals surface area contributed by atoms with Gasteiger partial charge in [-0.25, -0.2) is 0 Å². The Morgan fingerprint density at radius 1 is 1.54 bits per heavy atom. The molecule has 0 radical (unpaired) electrons. The van der Waals surface area contributed by atoms with Gasteiger partial charge in [-0.2, -0.15) is 0 Å². The molecule has 1 N–H and O–H groups in total. The average Bonchev–Trinajstić information content (AvgIpc) is 2.94. The Morgan fingerprint density at radius 3 is 2.77 bits per heavy atom. The number of likely N-dealkylation sites (N-methyl/N-ethyl adjacent to an activating group) is 1. The molecule has 0 unspecified atom stereocenters. The van der Waals surface area contributed by atoms with E-state index in [9.17, 15) is 4.79 Å². The van der Waals surface area contributed by atoms with E-state index in [-0.39, 0.29) is 5.91 Å². The number of hydrogen-bond acceptors (Lipinski definition) is 2. The van der Waals surface area contributed by atoms with Crippen molar-refractivity contribution >= 4 is 5.91 Å². The molecular formula is C10H20N2O. The van der Waals surface area contributed by atoms with E-state index in [0.717, 1.165) is 13.0 Å². The predicted molar refractivity (Wildman–Crippen MR) is 53.6 cm³/mol. The van der Waals surface area contributed by atoms with Crippen molar-refractivity contribution in [2.45, 2.75) is 38.6 Å². The predicted octanol–water partition coefficient (Wildman–Crippen LogP) is 0.997. The summed E-state index contributed by atoms with van der Waals surface area (Å²) in [5.41, 5.74) is 0. The zero-order chi connectivity index (χ0) is 9.68. The van der Waals surface area contributed by atoms with E-state index >= 15 is 0 Å². The van der Waals surface area contributed by atoms with E-state index in [0.29, 0.717) is 12.6 Å². The van der Waals surface area contributed by atoms with E-state index < -0.39 is 0 Å². The summed E-state index contributed by atoms with van der Waals surface area (Å²) >= 11 is 0. The highest BCUT2D eigenvalue weighted by Crippen LogP contribution is 2.24. The number of carbonyl (C=O) groups is 1. The second kappa shape index (κ2) is 5.22. The zero-order valence-corrected chi connectivity index (χ0v) is 8.68. The topological polar surface area (TPSA) is 32.3 Å². The quantitative estimate of drug-likeness (QED) is 0.624. The molecule has 0 aromatic rings. The van der Waals surface area contributed by atoms with Crippen LogP contribution >= 0.6 is 0 Å². The summed E-state index contributed by atoms with van der Waals surface area (Å²) in [5.74, 6) is 0.235. The standard InChI is InChI=1S/C10H20N2O/c1-3-4-7-11-8-10(13)12(2)9-5-6-9/h9,11H,3-8H2,1-2H3. The van der Waals surface area contributed by atoms with Crippen molar-refractivity contribution < 1.29 is 4.79 Å². The maximum Gasteiger partial charge on any atom is 0.236 e. The third-order valence-electron chi connectivity index (χ3n) is 2.47. The van der Waals surface area contributed by atoms with Gasteiger partial charge in [0.1, 0.15) is 0 Å². The smallest absolute Gasteiger partial charge is 0.236 e. The van der Waals surface area contributed by atoms with Gasteiger partial charge in [0.15, 0.2) is 0 Å². The van der Waals surface area contributed by atoms with E-state index in [1.165, 1.54) is 19.3 Å². The number of hydrogen-bond donors (Lipinski definition) is 1. The molecule has 1 aliphatic carbocycles. The van der Waals surface area contributed by atoms with Gasteiger partial charge in [0.2, 0.25) is 5.91 Å². The summed E-state index contributed by atoms with van der Waals surface area (Å²) < 4.78 is 0. The van der Waals surface area contributed by atoms with Crippen LogP contribution in [-0.2, 0) is 4.79 Å². The number of carbonyl (C=O) groups excluding carboxylic acids is 1. The maximum absolute atomic E-state index is 11.5. The van der Waals surface area contributed by atoms with Crippen LogP contribution in [0.4, 0.5) is 0 Å². The van der Waals surface area contributed by atoms with Crippen LogP contribution in [0.5, 0.6) is 0 Å². The first-order valence-corrected chi connectivity index (χ1v) is 5.22. The van der Waals surface area contributed by atoms with Gasteiger partial charge in [-0.05, 0) is 25.8 Å². The number of nitrogens with one attached hydrogen (secondary N) is 1. The van der Waals surface area contributed by atoms with E-state index in [4.69, 9.17) is 0 Å². The third-order valence-corrected chi connectivity index (χ3v) is 2.47. The molecular weight excluding hydrogens is 164 g/mol. The second-order valence-electron chi connectivity index (χ2n) is 3.77. The van der Waals surface area contributed by atoms with Crippen molar-refractivity contribution in [1.82, 2.24) is 10.2 Å². The third kappa shape index (κ3) is 3.77. The van der Waals surface area contributed by atoms with Gasteiger partial charge in [-0.3, -0.25) is 4.79 Å². The first-order chi connectivity index (χ1) is 6.25. The second-order valence-corrected chi connectivity index (χ2v) is 3.77. The Balaban J connectivity index is 2.02. The minimum absolute atomic E-state index is 0.235. The Kier molecular flexibility index (Phi) is 4.22. The van der Waals surface area contributed by atoms with Crippen LogP contribution in [0.2, 0.25) is 0 Å². The SMILES string of the molecule is CCCCNCC(=O)N(C)C1CC1. The molecule has 0 spiro atoms. The highest BCUT2D eigenvalue weighted by Gasteiger charge is 2.28. The Morgan fingerprint density at radius 2 is 2.23 bits per heavy atom. The molecule has 0 heterocycles. The van der Waals surface area contributed by atoms with Gasteiger partial charge >= 0.3 is 0 Å². The molecule has 1 saturated carbocycles. The van der Waals surface area contributed by atoms with Gasteiger partial charge < -0.3 is 10.2 Å². The Hall–Kier alpha value is -0.570. The van der Waals surface area contributed by atoms with Crippen LogP contribution in [0.15, 0.2) is 0 Å². The molecule has 1 rings (SSSR count). The number of amides is 1. The zero-order valence-electron chi connectivity index (χ0n) is 8.68. The molecule has 0 aromatic carbocycles. The Labute approximate surface area is 80.5 Å². The summed E-state index contributed by atoms with van der Waals surface area (Å²) in [6.07, 6.45) is 4.72. The van der Waals surface area contributed by atoms with E-state index in [2.05, 4.69) is 12.2 Å². The molecule has 0 atom stereocenters. The molecule has 3 nitrogen and oxygen atoms in total. The first-order valence-electron chi connectivity index (χ1n) is 5.22. The lowest BCUT2D eigenvalue weighted by Crippen LogP contribution is -2.37. The van der Waals surface area contributed by atoms with E-state index in [1.807, 2.05) is 11.9 Å². The van der Waals surface area contributed by atoms with Gasteiger partial charge in [0, 0.05) is 13.1 Å². The number of unbranched alkanes of at least 4 members (excludes halogenated alkanes) is 1. The summed E-state index contributed by atoms with van der Waals surface area (Å²) in [7, 11) is 1.90. The fourth-order valence-electron chi connectivity index (χ4n) is 1.29. The van der Waals surface area contributed by atoms with Crippen molar-refractivity contribution in [2.24, 2.45) is 0 Å². The van der Waals surface area contributed by atoms with E-state index in [1.54, 1.807) is 0 Å². The normalized spacial score (nSPS) is 15.8. The Bertz CT molecular complexity index is 166. The van der Waals surface area contributed by atoms with Gasteiger partial charge in [-0.15, -0.1) is 0 Å². The van der Waals surface area contributed by atoms with Crippen molar-refractivity contribution in [3.05, 3.63) is 0 Å². The van der Waals surface area contributed by atoms with Crippen LogP contribution in [0.3, 0.4) is 0 Å². The molecule has 3 heteroatoms. The summed E-state index contributed by atoms with van der Waals surface area (Å²) in [4.78, 5) is 13.3. The van der Waals surface area contributed by atoms with Gasteiger partial charge in [-0.1, -0.05) is 13.3 Å². The molecule has 1 aliphatic rings. The van der Waals surface area contributed by atoms with Crippen LogP contribution in [0.25, 0.3) is 0 Å². The minimum atomic E-state index is 0.235. The molecule has 76 valence electrons. The lowest BCUT2D eigenvalue weighted by molar-refractivity contribution is -0.129. The molecule has 0 aliphatic heterocycles. The van der Waals surface area contributed by atoms with Crippen LogP contribution in [-0.4, -0.2) is 37.0 Å². The molecule has 13 heavy (non-hydrogen) atoms. The van der Waals surface area contributed by atoms with Crippen LogP contribution in [0.1, 0.15) is 32.6 Å². The molecule has 0 bridgehead atoms. The summed E-state index contributed by atoms with van der Waals surface area (Å²) in [5, 5.41) is 3.16. The summed E-state index contributed by atoms with van der Waals surface area (Å²) in [6.45, 7) is 3.62. The fraction of sp³-hybridized carbons (Fsp3) is 0.900.